The van der Waals surface area contributed by atoms with Gasteiger partial charge in [-0.3, -0.25) is 0 Å². The maximum Gasteiger partial charge on any atom is 0.216 e. The van der Waals surface area contributed by atoms with Crippen molar-refractivity contribution in [1.82, 2.24) is 19.4 Å². The minimum absolute atomic E-state index is 0.389. The fourth-order valence-corrected chi connectivity index (χ4v) is 3.59. The molecule has 2 heterocycles. The maximum atomic E-state index is 5.39. The van der Waals surface area contributed by atoms with Crippen LogP contribution in [0.15, 0.2) is 29.4 Å². The third-order valence-corrected chi connectivity index (χ3v) is 4.91. The van der Waals surface area contributed by atoms with E-state index in [-0.39, 0.29) is 0 Å². The van der Waals surface area contributed by atoms with Crippen LogP contribution in [-0.2, 0) is 0 Å². The molecular formula is C20H25N5O2S. The Bertz CT molecular complexity index is 1070. The SMILES string of the molecule is COc1ccc(-c2n[nH]c(=S)n2/N=C\c2cc(C)n(C(C)C)c2C)cc1OC. The van der Waals surface area contributed by atoms with Gasteiger partial charge in [-0.25, -0.2) is 5.10 Å². The highest BCUT2D eigenvalue weighted by Gasteiger charge is 2.13. The number of methoxy groups -OCH3 is 2. The average molecular weight is 400 g/mol. The van der Waals surface area contributed by atoms with Gasteiger partial charge >= 0.3 is 0 Å². The summed E-state index contributed by atoms with van der Waals surface area (Å²) in [4.78, 5) is 0. The van der Waals surface area contributed by atoms with Gasteiger partial charge in [0.1, 0.15) is 0 Å². The first-order chi connectivity index (χ1) is 13.4. The van der Waals surface area contributed by atoms with Crippen LogP contribution in [0.1, 0.15) is 36.8 Å². The quantitative estimate of drug-likeness (QED) is 0.489. The van der Waals surface area contributed by atoms with Gasteiger partial charge in [-0.05, 0) is 64.2 Å². The molecule has 1 N–H and O–H groups in total. The highest BCUT2D eigenvalue weighted by molar-refractivity contribution is 7.71. The van der Waals surface area contributed by atoms with E-state index >= 15 is 0 Å². The summed E-state index contributed by atoms with van der Waals surface area (Å²) in [5.41, 5.74) is 4.23. The summed E-state index contributed by atoms with van der Waals surface area (Å²) in [6.45, 7) is 8.53. The van der Waals surface area contributed by atoms with Gasteiger partial charge in [0, 0.05) is 28.6 Å². The van der Waals surface area contributed by atoms with Crippen LogP contribution < -0.4 is 9.47 Å². The third-order valence-electron chi connectivity index (χ3n) is 4.64. The van der Waals surface area contributed by atoms with Gasteiger partial charge < -0.3 is 14.0 Å². The Hall–Kier alpha value is -2.87. The zero-order chi connectivity index (χ0) is 20.4. The van der Waals surface area contributed by atoms with Crippen molar-refractivity contribution in [2.75, 3.05) is 14.2 Å². The Morgan fingerprint density at radius 3 is 2.46 bits per heavy atom. The molecule has 0 bridgehead atoms. The van der Waals surface area contributed by atoms with Crippen LogP contribution in [0.2, 0.25) is 0 Å². The zero-order valence-corrected chi connectivity index (χ0v) is 17.8. The molecule has 28 heavy (non-hydrogen) atoms. The Labute approximate surface area is 169 Å². The maximum absolute atomic E-state index is 5.39. The summed E-state index contributed by atoms with van der Waals surface area (Å²) in [5, 5.41) is 11.7. The topological polar surface area (TPSA) is 69.4 Å². The molecule has 0 unspecified atom stereocenters. The standard InChI is InChI=1S/C20H25N5O2S/c1-12(2)24-13(3)9-16(14(24)4)11-21-25-19(22-23-20(25)28)15-7-8-17(26-5)18(10-15)27-6/h7-12H,1-6H3,(H,23,28)/b21-11-. The van der Waals surface area contributed by atoms with Crippen molar-refractivity contribution in [2.45, 2.75) is 33.7 Å². The molecule has 0 aliphatic heterocycles. The van der Waals surface area contributed by atoms with E-state index in [0.29, 0.717) is 28.1 Å². The second-order valence-corrected chi connectivity index (χ2v) is 7.16. The van der Waals surface area contributed by atoms with E-state index in [4.69, 9.17) is 21.7 Å². The molecule has 148 valence electrons. The summed E-state index contributed by atoms with van der Waals surface area (Å²) < 4.78 is 15.0. The normalized spacial score (nSPS) is 11.5. The highest BCUT2D eigenvalue weighted by Crippen LogP contribution is 2.31. The Balaban J connectivity index is 2.02. The van der Waals surface area contributed by atoms with Crippen molar-refractivity contribution < 1.29 is 9.47 Å². The molecule has 0 radical (unpaired) electrons. The van der Waals surface area contributed by atoms with Gasteiger partial charge in [0.25, 0.3) is 0 Å². The van der Waals surface area contributed by atoms with E-state index in [1.54, 1.807) is 18.9 Å². The van der Waals surface area contributed by atoms with Crippen LogP contribution in [0.4, 0.5) is 0 Å². The number of hydrogen-bond donors (Lipinski definition) is 1. The largest absolute Gasteiger partial charge is 0.493 e. The van der Waals surface area contributed by atoms with E-state index in [1.165, 1.54) is 11.4 Å². The molecule has 7 nitrogen and oxygen atoms in total. The van der Waals surface area contributed by atoms with E-state index in [1.807, 2.05) is 24.4 Å². The number of hydrogen-bond acceptors (Lipinski definition) is 5. The van der Waals surface area contributed by atoms with E-state index in [2.05, 4.69) is 53.6 Å². The number of rotatable bonds is 6. The summed E-state index contributed by atoms with van der Waals surface area (Å²) in [6.07, 6.45) is 1.82. The van der Waals surface area contributed by atoms with E-state index in [9.17, 15) is 0 Å². The van der Waals surface area contributed by atoms with E-state index in [0.717, 1.165) is 11.1 Å². The monoisotopic (exact) mass is 399 g/mol. The number of benzene rings is 1. The number of nitrogens with one attached hydrogen (secondary N) is 1. The lowest BCUT2D eigenvalue weighted by Gasteiger charge is -2.13. The number of H-pyrrole nitrogens is 1. The van der Waals surface area contributed by atoms with Crippen LogP contribution in [0, 0.1) is 18.6 Å². The molecule has 0 fully saturated rings. The van der Waals surface area contributed by atoms with Crippen molar-refractivity contribution in [1.29, 1.82) is 0 Å². The van der Waals surface area contributed by atoms with Crippen LogP contribution in [0.3, 0.4) is 0 Å². The molecule has 0 aliphatic rings. The molecule has 0 spiro atoms. The molecule has 0 saturated carbocycles. The third kappa shape index (κ3) is 3.60. The van der Waals surface area contributed by atoms with Gasteiger partial charge in [-0.2, -0.15) is 14.9 Å². The number of aromatic amines is 1. The molecule has 3 rings (SSSR count). The molecule has 8 heteroatoms. The molecule has 3 aromatic rings. The Kier molecular flexibility index (Phi) is 5.69. The van der Waals surface area contributed by atoms with Gasteiger partial charge in [-0.1, -0.05) is 0 Å². The van der Waals surface area contributed by atoms with Crippen molar-refractivity contribution >= 4 is 18.4 Å². The fraction of sp³-hybridized carbons (Fsp3) is 0.350. The van der Waals surface area contributed by atoms with Crippen molar-refractivity contribution in [2.24, 2.45) is 5.10 Å². The number of aryl methyl sites for hydroxylation is 1. The lowest BCUT2D eigenvalue weighted by atomic mass is 10.2. The van der Waals surface area contributed by atoms with Crippen LogP contribution in [0.5, 0.6) is 11.5 Å². The first-order valence-corrected chi connectivity index (χ1v) is 9.40. The summed E-state index contributed by atoms with van der Waals surface area (Å²) >= 11 is 5.37. The number of ether oxygens (including phenoxy) is 2. The van der Waals surface area contributed by atoms with Crippen LogP contribution >= 0.6 is 12.2 Å². The summed E-state index contributed by atoms with van der Waals surface area (Å²) in [6, 6.07) is 8.08. The first kappa shape index (κ1) is 19.9. The van der Waals surface area contributed by atoms with Crippen LogP contribution in [0.25, 0.3) is 11.4 Å². The van der Waals surface area contributed by atoms with Crippen molar-refractivity contribution in [3.05, 3.63) is 46.0 Å². The van der Waals surface area contributed by atoms with E-state index < -0.39 is 0 Å². The van der Waals surface area contributed by atoms with Crippen LogP contribution in [-0.4, -0.2) is 39.9 Å². The lowest BCUT2D eigenvalue weighted by molar-refractivity contribution is 0.355. The fourth-order valence-electron chi connectivity index (χ4n) is 3.41. The molecule has 2 aromatic heterocycles. The Morgan fingerprint density at radius 1 is 1.14 bits per heavy atom. The zero-order valence-electron chi connectivity index (χ0n) is 17.0. The molecule has 0 atom stereocenters. The summed E-state index contributed by atoms with van der Waals surface area (Å²) in [5.74, 6) is 1.86. The number of nitrogens with zero attached hydrogens (tertiary/aromatic N) is 4. The lowest BCUT2D eigenvalue weighted by Crippen LogP contribution is -2.05. The van der Waals surface area contributed by atoms with Gasteiger partial charge in [0.15, 0.2) is 17.3 Å². The molecule has 0 aliphatic carbocycles. The second kappa shape index (κ2) is 8.02. The molecular weight excluding hydrogens is 374 g/mol. The minimum atomic E-state index is 0.389. The predicted molar refractivity (Wildman–Crippen MR) is 113 cm³/mol. The Morgan fingerprint density at radius 2 is 1.86 bits per heavy atom. The second-order valence-electron chi connectivity index (χ2n) is 6.77. The van der Waals surface area contributed by atoms with Crippen molar-refractivity contribution in [3.63, 3.8) is 0 Å². The molecule has 1 aromatic carbocycles. The average Bonchev–Trinajstić information content (AvgIpc) is 3.18. The summed E-state index contributed by atoms with van der Waals surface area (Å²) in [7, 11) is 3.20. The smallest absolute Gasteiger partial charge is 0.216 e. The predicted octanol–water partition coefficient (Wildman–Crippen LogP) is 4.51. The first-order valence-electron chi connectivity index (χ1n) is 9.00. The molecule has 0 saturated heterocycles. The van der Waals surface area contributed by atoms with Crippen molar-refractivity contribution in [3.8, 4) is 22.9 Å². The van der Waals surface area contributed by atoms with Gasteiger partial charge in [0.2, 0.25) is 4.77 Å². The highest BCUT2D eigenvalue weighted by atomic mass is 32.1. The molecule has 0 amide bonds. The number of aromatic nitrogens is 4. The van der Waals surface area contributed by atoms with Gasteiger partial charge in [0.05, 0.1) is 20.4 Å². The van der Waals surface area contributed by atoms with Gasteiger partial charge in [-0.15, -0.1) is 0 Å². The minimum Gasteiger partial charge on any atom is -0.493 e.